The number of nitrogens with zero attached hydrogens (tertiary/aromatic N) is 2. The van der Waals surface area contributed by atoms with Crippen LogP contribution >= 0.6 is 23.2 Å². The Morgan fingerprint density at radius 2 is 2.03 bits per heavy atom. The highest BCUT2D eigenvalue weighted by atomic mass is 35.5. The maximum absolute atomic E-state index is 13.2. The summed E-state index contributed by atoms with van der Waals surface area (Å²) in [6.07, 6.45) is 13.2. The molecule has 3 rings (SSSR count). The van der Waals surface area contributed by atoms with Crippen LogP contribution in [0.4, 0.5) is 0 Å². The topological polar surface area (TPSA) is 91.2 Å². The molecule has 7 nitrogen and oxygen atoms in total. The highest BCUT2D eigenvalue weighted by molar-refractivity contribution is 6.40. The van der Waals surface area contributed by atoms with E-state index < -0.39 is 18.1 Å². The Hall–Kier alpha value is -2.77. The van der Waals surface area contributed by atoms with Crippen molar-refractivity contribution in [3.8, 4) is 0 Å². The molecule has 0 bridgehead atoms. The van der Waals surface area contributed by atoms with Crippen molar-refractivity contribution in [3.63, 3.8) is 0 Å². The van der Waals surface area contributed by atoms with Gasteiger partial charge >= 0.3 is 5.97 Å². The fourth-order valence-electron chi connectivity index (χ4n) is 3.73. The summed E-state index contributed by atoms with van der Waals surface area (Å²) in [5.74, 6) is -1.21. The second-order valence-corrected chi connectivity index (χ2v) is 8.90. The number of nitrogens with one attached hydrogen (secondary N) is 1. The lowest BCUT2D eigenvalue weighted by Crippen LogP contribution is -2.46. The average Bonchev–Trinajstić information content (AvgIpc) is 2.92. The predicted octanol–water partition coefficient (Wildman–Crippen LogP) is 4.59. The van der Waals surface area contributed by atoms with E-state index in [4.69, 9.17) is 27.9 Å². The average molecular weight is 492 g/mol. The molecule has 0 aromatic rings. The molecular weight excluding hydrogens is 465 g/mol. The van der Waals surface area contributed by atoms with Crippen LogP contribution < -0.4 is 5.32 Å². The zero-order valence-electron chi connectivity index (χ0n) is 18.7. The number of rotatable bonds is 6. The monoisotopic (exact) mass is 491 g/mol. The number of carboxylic acid groups (broad SMARTS) is 1. The summed E-state index contributed by atoms with van der Waals surface area (Å²) < 4.78 is 6.17. The normalized spacial score (nSPS) is 26.6. The van der Waals surface area contributed by atoms with Gasteiger partial charge in [-0.3, -0.25) is 9.80 Å². The first-order valence-corrected chi connectivity index (χ1v) is 11.4. The van der Waals surface area contributed by atoms with Gasteiger partial charge in [0.15, 0.2) is 0 Å². The second kappa shape index (κ2) is 10.9. The van der Waals surface area contributed by atoms with E-state index in [1.165, 1.54) is 0 Å². The van der Waals surface area contributed by atoms with E-state index in [1.807, 2.05) is 19.1 Å². The van der Waals surface area contributed by atoms with E-state index in [9.17, 15) is 14.7 Å². The first-order valence-electron chi connectivity index (χ1n) is 10.6. The molecule has 0 spiro atoms. The number of amides is 1. The smallest absolute Gasteiger partial charge is 0.331 e. The van der Waals surface area contributed by atoms with Crippen molar-refractivity contribution in [2.45, 2.75) is 45.4 Å². The predicted molar refractivity (Wildman–Crippen MR) is 130 cm³/mol. The van der Waals surface area contributed by atoms with Crippen molar-refractivity contribution >= 4 is 40.8 Å². The molecule has 1 aliphatic heterocycles. The number of halogens is 2. The van der Waals surface area contributed by atoms with E-state index in [-0.39, 0.29) is 11.9 Å². The zero-order valence-corrected chi connectivity index (χ0v) is 20.2. The molecule has 176 valence electrons. The maximum atomic E-state index is 13.2. The molecule has 0 saturated carbocycles. The maximum Gasteiger partial charge on any atom is 0.331 e. The molecule has 1 amide bonds. The fraction of sp³-hybridized carbons (Fsp3) is 0.375. The number of hydrogen-bond acceptors (Lipinski definition) is 5. The van der Waals surface area contributed by atoms with Gasteiger partial charge < -0.3 is 15.2 Å². The molecule has 0 saturated heterocycles. The summed E-state index contributed by atoms with van der Waals surface area (Å²) in [5.41, 5.74) is 1.74. The zero-order chi connectivity index (χ0) is 24.1. The molecule has 3 aliphatic rings. The van der Waals surface area contributed by atoms with Crippen LogP contribution in [0.25, 0.3) is 0 Å². The molecule has 2 N–H and O–H groups in total. The minimum Gasteiger partial charge on any atom is -0.478 e. The van der Waals surface area contributed by atoms with E-state index in [2.05, 4.69) is 10.4 Å². The third kappa shape index (κ3) is 6.18. The van der Waals surface area contributed by atoms with E-state index in [1.54, 1.807) is 49.4 Å². The molecule has 0 aromatic carbocycles. The van der Waals surface area contributed by atoms with Crippen molar-refractivity contribution in [1.29, 1.82) is 0 Å². The summed E-state index contributed by atoms with van der Waals surface area (Å²) in [6, 6.07) is -0.330. The van der Waals surface area contributed by atoms with Crippen molar-refractivity contribution in [2.24, 2.45) is 11.0 Å². The Morgan fingerprint density at radius 1 is 1.27 bits per heavy atom. The first-order chi connectivity index (χ1) is 15.7. The van der Waals surface area contributed by atoms with Crippen molar-refractivity contribution < 1.29 is 19.4 Å². The minimum atomic E-state index is -0.953. The van der Waals surface area contributed by atoms with Crippen LogP contribution in [0.2, 0.25) is 0 Å². The number of hydrazone groups is 1. The Bertz CT molecular complexity index is 1040. The van der Waals surface area contributed by atoms with Crippen molar-refractivity contribution in [2.75, 3.05) is 7.05 Å². The number of aliphatic carboxylic acids is 1. The van der Waals surface area contributed by atoms with Gasteiger partial charge in [0.2, 0.25) is 12.1 Å². The van der Waals surface area contributed by atoms with E-state index in [0.717, 1.165) is 5.57 Å². The van der Waals surface area contributed by atoms with Gasteiger partial charge in [0, 0.05) is 17.7 Å². The summed E-state index contributed by atoms with van der Waals surface area (Å²) in [4.78, 5) is 24.5. The number of hydrogen-bond donors (Lipinski definition) is 2. The molecule has 0 radical (unpaired) electrons. The Morgan fingerprint density at radius 3 is 2.76 bits per heavy atom. The third-order valence-corrected chi connectivity index (χ3v) is 6.42. The molecule has 0 fully saturated rings. The number of carbonyl (C=O) groups is 2. The third-order valence-electron chi connectivity index (χ3n) is 5.58. The highest BCUT2D eigenvalue weighted by Gasteiger charge is 2.41. The Labute approximate surface area is 203 Å². The molecule has 2 aliphatic carbocycles. The summed E-state index contributed by atoms with van der Waals surface area (Å²) in [6.45, 7) is 3.65. The van der Waals surface area contributed by atoms with E-state index in [0.29, 0.717) is 46.4 Å². The van der Waals surface area contributed by atoms with Gasteiger partial charge in [-0.15, -0.1) is 0 Å². The SMILES string of the molecule is CC1=NN(C)C(OC2=C/CCC(Cl)=C(Cl)/C=C\2)C1C(=O)NC(C)C1=CC=C(C(=O)O)CC=C1. The van der Waals surface area contributed by atoms with Gasteiger partial charge in [0.05, 0.1) is 16.8 Å². The lowest BCUT2D eigenvalue weighted by Gasteiger charge is -2.27. The van der Waals surface area contributed by atoms with Crippen LogP contribution in [0.15, 0.2) is 74.6 Å². The Kier molecular flexibility index (Phi) is 8.21. The number of ether oxygens (including phenoxy) is 1. The van der Waals surface area contributed by atoms with Crippen LogP contribution in [0.1, 0.15) is 33.1 Å². The van der Waals surface area contributed by atoms with Gasteiger partial charge in [-0.25, -0.2) is 4.79 Å². The summed E-state index contributed by atoms with van der Waals surface area (Å²) in [5, 5.41) is 19.3. The Balaban J connectivity index is 1.73. The number of carboxylic acids is 1. The van der Waals surface area contributed by atoms with Crippen LogP contribution in [0.3, 0.4) is 0 Å². The summed E-state index contributed by atoms with van der Waals surface area (Å²) >= 11 is 12.3. The molecular formula is C24H27Cl2N3O4. The van der Waals surface area contributed by atoms with Gasteiger partial charge in [-0.1, -0.05) is 47.5 Å². The summed E-state index contributed by atoms with van der Waals surface area (Å²) in [7, 11) is 1.76. The molecule has 3 unspecified atom stereocenters. The van der Waals surface area contributed by atoms with Gasteiger partial charge in [-0.2, -0.15) is 5.10 Å². The van der Waals surface area contributed by atoms with Crippen LogP contribution in [0, 0.1) is 5.92 Å². The fourth-order valence-corrected chi connectivity index (χ4v) is 4.06. The molecule has 0 aromatic heterocycles. The van der Waals surface area contributed by atoms with Gasteiger partial charge in [0.1, 0.15) is 11.7 Å². The van der Waals surface area contributed by atoms with E-state index >= 15 is 0 Å². The molecule has 9 heteroatoms. The first kappa shape index (κ1) is 24.9. The van der Waals surface area contributed by atoms with Crippen LogP contribution in [0.5, 0.6) is 0 Å². The quantitative estimate of drug-likeness (QED) is 0.566. The largest absolute Gasteiger partial charge is 0.478 e. The van der Waals surface area contributed by atoms with Crippen molar-refractivity contribution in [1.82, 2.24) is 10.3 Å². The minimum absolute atomic E-state index is 0.226. The van der Waals surface area contributed by atoms with Crippen LogP contribution in [-0.4, -0.2) is 47.0 Å². The lowest BCUT2D eigenvalue weighted by atomic mass is 10.0. The number of carbonyl (C=O) groups excluding carboxylic acids is 1. The van der Waals surface area contributed by atoms with Gasteiger partial charge in [0.25, 0.3) is 0 Å². The van der Waals surface area contributed by atoms with Crippen molar-refractivity contribution in [3.05, 3.63) is 69.5 Å². The highest BCUT2D eigenvalue weighted by Crippen LogP contribution is 2.28. The molecule has 3 atom stereocenters. The molecule has 33 heavy (non-hydrogen) atoms. The lowest BCUT2D eigenvalue weighted by molar-refractivity contribution is -0.133. The number of allylic oxidation sites excluding steroid dienone is 8. The van der Waals surface area contributed by atoms with Gasteiger partial charge in [-0.05, 0) is 56.9 Å². The molecule has 1 heterocycles. The second-order valence-electron chi connectivity index (χ2n) is 8.03. The standard InChI is InChI=1S/C24H27Cl2N3O4/c1-14(16-6-4-7-17(11-10-16)24(31)32)27-22(30)21-15(2)28-29(3)23(21)33-18-8-5-9-19(25)20(26)13-12-18/h4,6,8,10-14,21,23H,5,7,9H2,1-3H3,(H,27,30)(H,31,32)/b13-12-,18-8+,20-19?. The van der Waals surface area contributed by atoms with Crippen LogP contribution in [-0.2, 0) is 14.3 Å².